The van der Waals surface area contributed by atoms with Crippen molar-refractivity contribution in [2.24, 2.45) is 0 Å². The van der Waals surface area contributed by atoms with E-state index in [9.17, 15) is 19.7 Å². The van der Waals surface area contributed by atoms with E-state index < -0.39 is 28.3 Å². The van der Waals surface area contributed by atoms with Crippen molar-refractivity contribution in [2.75, 3.05) is 12.4 Å². The second-order valence-electron chi connectivity index (χ2n) is 6.91. The number of carbonyl (C=O) groups excluding carboxylic acids is 2. The standard InChI is InChI=1S/C21H20N2O6/c1-21(2,3)29-20(25)22-17-13-16(19(24)28-4)15(12-18(17)23(26)27)11-10-14-8-6-5-7-9-14/h5-9,12-13H,1-4H3,(H,22,25). The largest absolute Gasteiger partial charge is 0.465 e. The number of methoxy groups -OCH3 is 1. The fourth-order valence-electron chi connectivity index (χ4n) is 2.30. The Morgan fingerprint density at radius 3 is 2.31 bits per heavy atom. The van der Waals surface area contributed by atoms with Crippen molar-refractivity contribution in [2.45, 2.75) is 26.4 Å². The zero-order valence-corrected chi connectivity index (χ0v) is 16.4. The smallest absolute Gasteiger partial charge is 0.412 e. The lowest BCUT2D eigenvalue weighted by Gasteiger charge is -2.19. The zero-order chi connectivity index (χ0) is 21.6. The van der Waals surface area contributed by atoms with E-state index in [1.165, 1.54) is 7.11 Å². The number of hydrogen-bond donors (Lipinski definition) is 1. The number of ether oxygens (including phenoxy) is 2. The topological polar surface area (TPSA) is 108 Å². The molecule has 0 aliphatic carbocycles. The third-order valence-corrected chi connectivity index (χ3v) is 3.49. The maximum Gasteiger partial charge on any atom is 0.412 e. The fraction of sp³-hybridized carbons (Fsp3) is 0.238. The third-order valence-electron chi connectivity index (χ3n) is 3.49. The third kappa shape index (κ3) is 6.07. The fourth-order valence-corrected chi connectivity index (χ4v) is 2.30. The molecule has 0 fully saturated rings. The molecule has 0 bridgehead atoms. The molecule has 2 aromatic carbocycles. The number of nitrogens with zero attached hydrogens (tertiary/aromatic N) is 1. The maximum atomic E-state index is 12.2. The Kier molecular flexibility index (Phi) is 6.57. The summed E-state index contributed by atoms with van der Waals surface area (Å²) < 4.78 is 9.87. The molecule has 0 aromatic heterocycles. The normalized spacial score (nSPS) is 10.3. The molecule has 0 spiro atoms. The summed E-state index contributed by atoms with van der Waals surface area (Å²) in [6.45, 7) is 4.97. The van der Waals surface area contributed by atoms with E-state index in [1.54, 1.807) is 45.0 Å². The molecule has 0 saturated heterocycles. The average Bonchev–Trinajstić information content (AvgIpc) is 2.65. The van der Waals surface area contributed by atoms with E-state index in [-0.39, 0.29) is 16.8 Å². The zero-order valence-electron chi connectivity index (χ0n) is 16.4. The van der Waals surface area contributed by atoms with Gasteiger partial charge >= 0.3 is 12.1 Å². The summed E-state index contributed by atoms with van der Waals surface area (Å²) in [5, 5.41) is 13.8. The molecule has 8 heteroatoms. The molecule has 0 atom stereocenters. The van der Waals surface area contributed by atoms with Crippen LogP contribution in [-0.2, 0) is 9.47 Å². The summed E-state index contributed by atoms with van der Waals surface area (Å²) in [6, 6.07) is 11.2. The van der Waals surface area contributed by atoms with Crippen molar-refractivity contribution < 1.29 is 24.0 Å². The second kappa shape index (κ2) is 8.89. The predicted molar refractivity (Wildman–Crippen MR) is 107 cm³/mol. The predicted octanol–water partition coefficient (Wildman–Crippen LogP) is 4.13. The minimum Gasteiger partial charge on any atom is -0.465 e. The van der Waals surface area contributed by atoms with Crippen molar-refractivity contribution >= 4 is 23.4 Å². The Labute approximate surface area is 168 Å². The summed E-state index contributed by atoms with van der Waals surface area (Å²) in [7, 11) is 1.18. The van der Waals surface area contributed by atoms with E-state index in [1.807, 2.05) is 6.07 Å². The number of carbonyl (C=O) groups is 2. The van der Waals surface area contributed by atoms with Gasteiger partial charge in [0.25, 0.3) is 5.69 Å². The highest BCUT2D eigenvalue weighted by Gasteiger charge is 2.24. The van der Waals surface area contributed by atoms with Crippen LogP contribution in [0.25, 0.3) is 0 Å². The summed E-state index contributed by atoms with van der Waals surface area (Å²) in [5.74, 6) is 4.86. The summed E-state index contributed by atoms with van der Waals surface area (Å²) in [5.41, 5.74) is -0.682. The van der Waals surface area contributed by atoms with E-state index in [0.717, 1.165) is 12.1 Å². The number of amides is 1. The van der Waals surface area contributed by atoms with Gasteiger partial charge in [-0.05, 0) is 39.0 Å². The van der Waals surface area contributed by atoms with E-state index in [0.29, 0.717) is 5.56 Å². The van der Waals surface area contributed by atoms with Gasteiger partial charge in [-0.3, -0.25) is 15.4 Å². The molecule has 0 saturated carbocycles. The number of esters is 1. The lowest BCUT2D eigenvalue weighted by Crippen LogP contribution is -2.27. The SMILES string of the molecule is COC(=O)c1cc(NC(=O)OC(C)(C)C)c([N+](=O)[O-])cc1C#Cc1ccccc1. The summed E-state index contributed by atoms with van der Waals surface area (Å²) >= 11 is 0. The van der Waals surface area contributed by atoms with Gasteiger partial charge in [-0.1, -0.05) is 30.0 Å². The summed E-state index contributed by atoms with van der Waals surface area (Å²) in [4.78, 5) is 35.1. The van der Waals surface area contributed by atoms with Crippen LogP contribution >= 0.6 is 0 Å². The van der Waals surface area contributed by atoms with E-state index >= 15 is 0 Å². The van der Waals surface area contributed by atoms with E-state index in [2.05, 4.69) is 17.2 Å². The number of nitro benzene ring substituents is 1. The Morgan fingerprint density at radius 2 is 1.76 bits per heavy atom. The molecule has 0 heterocycles. The number of nitro groups is 1. The van der Waals surface area contributed by atoms with Crippen LogP contribution in [0, 0.1) is 22.0 Å². The molecule has 29 heavy (non-hydrogen) atoms. The average molecular weight is 396 g/mol. The van der Waals surface area contributed by atoms with Gasteiger partial charge in [0.2, 0.25) is 0 Å². The molecule has 8 nitrogen and oxygen atoms in total. The van der Waals surface area contributed by atoms with Gasteiger partial charge in [-0.25, -0.2) is 9.59 Å². The van der Waals surface area contributed by atoms with Crippen LogP contribution in [0.1, 0.15) is 42.3 Å². The molecule has 0 unspecified atom stereocenters. The highest BCUT2D eigenvalue weighted by Crippen LogP contribution is 2.29. The van der Waals surface area contributed by atoms with Crippen LogP contribution in [0.4, 0.5) is 16.2 Å². The Balaban J connectivity index is 2.54. The molecule has 150 valence electrons. The van der Waals surface area contributed by atoms with Crippen molar-refractivity contribution in [3.05, 3.63) is 69.3 Å². The van der Waals surface area contributed by atoms with Crippen LogP contribution < -0.4 is 5.32 Å². The molecular formula is C21H20N2O6. The van der Waals surface area contributed by atoms with Gasteiger partial charge in [0.1, 0.15) is 11.3 Å². The highest BCUT2D eigenvalue weighted by molar-refractivity contribution is 5.97. The molecular weight excluding hydrogens is 376 g/mol. The lowest BCUT2D eigenvalue weighted by molar-refractivity contribution is -0.383. The summed E-state index contributed by atoms with van der Waals surface area (Å²) in [6.07, 6.45) is -0.889. The van der Waals surface area contributed by atoms with Crippen molar-refractivity contribution in [3.63, 3.8) is 0 Å². The van der Waals surface area contributed by atoms with Crippen molar-refractivity contribution in [1.29, 1.82) is 0 Å². The Hall–Kier alpha value is -3.86. The second-order valence-corrected chi connectivity index (χ2v) is 6.91. The van der Waals surface area contributed by atoms with Crippen molar-refractivity contribution in [1.82, 2.24) is 0 Å². The van der Waals surface area contributed by atoms with Gasteiger partial charge in [0.05, 0.1) is 17.6 Å². The molecule has 2 rings (SSSR count). The molecule has 1 amide bonds. The lowest BCUT2D eigenvalue weighted by atomic mass is 10.0. The number of benzene rings is 2. The highest BCUT2D eigenvalue weighted by atomic mass is 16.6. The van der Waals surface area contributed by atoms with Gasteiger partial charge < -0.3 is 9.47 Å². The van der Waals surface area contributed by atoms with Gasteiger partial charge in [0, 0.05) is 17.2 Å². The van der Waals surface area contributed by atoms with Crippen LogP contribution in [0.15, 0.2) is 42.5 Å². The number of hydrogen-bond acceptors (Lipinski definition) is 6. The molecule has 0 aliphatic rings. The number of nitrogens with one attached hydrogen (secondary N) is 1. The quantitative estimate of drug-likeness (QED) is 0.362. The maximum absolute atomic E-state index is 12.2. The molecule has 1 N–H and O–H groups in total. The van der Waals surface area contributed by atoms with Crippen LogP contribution in [0.2, 0.25) is 0 Å². The number of rotatable bonds is 3. The Bertz CT molecular complexity index is 998. The monoisotopic (exact) mass is 396 g/mol. The minimum absolute atomic E-state index is 0.0208. The van der Waals surface area contributed by atoms with Crippen LogP contribution in [0.3, 0.4) is 0 Å². The molecule has 0 aliphatic heterocycles. The first-order chi connectivity index (χ1) is 13.6. The first-order valence-corrected chi connectivity index (χ1v) is 8.58. The first kappa shape index (κ1) is 21.4. The van der Waals surface area contributed by atoms with Gasteiger partial charge in [-0.2, -0.15) is 0 Å². The van der Waals surface area contributed by atoms with Gasteiger partial charge in [-0.15, -0.1) is 0 Å². The first-order valence-electron chi connectivity index (χ1n) is 8.58. The number of anilines is 1. The minimum atomic E-state index is -0.889. The Morgan fingerprint density at radius 1 is 1.10 bits per heavy atom. The van der Waals surface area contributed by atoms with Crippen LogP contribution in [0.5, 0.6) is 0 Å². The van der Waals surface area contributed by atoms with E-state index in [4.69, 9.17) is 9.47 Å². The van der Waals surface area contributed by atoms with Crippen molar-refractivity contribution in [3.8, 4) is 11.8 Å². The molecule has 0 radical (unpaired) electrons. The van der Waals surface area contributed by atoms with Crippen LogP contribution in [-0.4, -0.2) is 29.7 Å². The molecule has 2 aromatic rings. The van der Waals surface area contributed by atoms with Gasteiger partial charge in [0.15, 0.2) is 0 Å².